The van der Waals surface area contributed by atoms with Crippen LogP contribution in [0.3, 0.4) is 0 Å². The fourth-order valence-electron chi connectivity index (χ4n) is 1.75. The van der Waals surface area contributed by atoms with Crippen molar-refractivity contribution < 1.29 is 23.5 Å². The van der Waals surface area contributed by atoms with Crippen LogP contribution in [-0.4, -0.2) is 17.0 Å². The Morgan fingerprint density at radius 2 is 1.81 bits per heavy atom. The van der Waals surface area contributed by atoms with E-state index in [0.29, 0.717) is 5.56 Å². The van der Waals surface area contributed by atoms with Gasteiger partial charge in [0.25, 0.3) is 5.91 Å². The maximum absolute atomic E-state index is 13.7. The van der Waals surface area contributed by atoms with Gasteiger partial charge in [-0.2, -0.15) is 0 Å². The quantitative estimate of drug-likeness (QED) is 0.912. The van der Waals surface area contributed by atoms with E-state index in [4.69, 9.17) is 5.11 Å². The summed E-state index contributed by atoms with van der Waals surface area (Å²) in [5.74, 6) is -3.62. The molecule has 2 aromatic carbocycles. The van der Waals surface area contributed by atoms with Crippen LogP contribution in [-0.2, 0) is 0 Å². The highest BCUT2D eigenvalue weighted by atomic mass is 19.1. The molecular formula is C15H11F2NO3. The average molecular weight is 291 g/mol. The Bertz CT molecular complexity index is 729. The van der Waals surface area contributed by atoms with Crippen molar-refractivity contribution in [2.75, 3.05) is 5.32 Å². The number of halogens is 2. The van der Waals surface area contributed by atoms with E-state index in [2.05, 4.69) is 5.32 Å². The summed E-state index contributed by atoms with van der Waals surface area (Å²) in [5.41, 5.74) is -0.492. The van der Waals surface area contributed by atoms with Crippen LogP contribution >= 0.6 is 0 Å². The maximum Gasteiger partial charge on any atom is 0.337 e. The number of carboxylic acids is 1. The molecule has 0 fully saturated rings. The molecule has 0 heterocycles. The lowest BCUT2D eigenvalue weighted by Gasteiger charge is -2.10. The van der Waals surface area contributed by atoms with Gasteiger partial charge in [-0.1, -0.05) is 12.1 Å². The number of carboxylic acid groups (broad SMARTS) is 1. The number of carbonyl (C=O) groups is 2. The second kappa shape index (κ2) is 5.70. The molecule has 4 nitrogen and oxygen atoms in total. The third-order valence-corrected chi connectivity index (χ3v) is 2.92. The molecule has 0 unspecified atom stereocenters. The number of para-hydroxylation sites is 1. The first-order chi connectivity index (χ1) is 9.90. The lowest BCUT2D eigenvalue weighted by Crippen LogP contribution is -2.16. The molecule has 0 atom stereocenters. The van der Waals surface area contributed by atoms with Gasteiger partial charge in [0, 0.05) is 5.56 Å². The van der Waals surface area contributed by atoms with Crippen molar-refractivity contribution in [3.8, 4) is 0 Å². The van der Waals surface area contributed by atoms with E-state index >= 15 is 0 Å². The van der Waals surface area contributed by atoms with Crippen LogP contribution < -0.4 is 5.32 Å². The lowest BCUT2D eigenvalue weighted by atomic mass is 10.1. The summed E-state index contributed by atoms with van der Waals surface area (Å²) in [6, 6.07) is 7.19. The maximum atomic E-state index is 13.7. The van der Waals surface area contributed by atoms with Crippen molar-refractivity contribution in [1.29, 1.82) is 0 Å². The Hall–Kier alpha value is -2.76. The first-order valence-electron chi connectivity index (χ1n) is 5.99. The molecule has 0 saturated heterocycles. The van der Waals surface area contributed by atoms with Crippen molar-refractivity contribution in [1.82, 2.24) is 0 Å². The minimum absolute atomic E-state index is 0.0299. The molecule has 0 saturated carbocycles. The molecular weight excluding hydrogens is 280 g/mol. The summed E-state index contributed by atoms with van der Waals surface area (Å²) in [6.45, 7) is 1.54. The van der Waals surface area contributed by atoms with E-state index in [9.17, 15) is 18.4 Å². The van der Waals surface area contributed by atoms with E-state index in [1.54, 1.807) is 0 Å². The van der Waals surface area contributed by atoms with Crippen LogP contribution in [0, 0.1) is 18.6 Å². The number of aryl methyl sites for hydroxylation is 1. The minimum Gasteiger partial charge on any atom is -0.478 e. The first-order valence-corrected chi connectivity index (χ1v) is 5.99. The Kier molecular flexibility index (Phi) is 3.98. The van der Waals surface area contributed by atoms with Gasteiger partial charge in [-0.15, -0.1) is 0 Å². The monoisotopic (exact) mass is 291 g/mol. The zero-order valence-corrected chi connectivity index (χ0v) is 11.0. The van der Waals surface area contributed by atoms with Gasteiger partial charge in [0.05, 0.1) is 11.3 Å². The highest BCUT2D eigenvalue weighted by Crippen LogP contribution is 2.21. The van der Waals surface area contributed by atoms with Crippen molar-refractivity contribution in [3.63, 3.8) is 0 Å². The van der Waals surface area contributed by atoms with Gasteiger partial charge in [0.2, 0.25) is 0 Å². The van der Waals surface area contributed by atoms with Crippen LogP contribution in [0.4, 0.5) is 14.5 Å². The largest absolute Gasteiger partial charge is 0.478 e. The van der Waals surface area contributed by atoms with E-state index in [-0.39, 0.29) is 11.1 Å². The van der Waals surface area contributed by atoms with Gasteiger partial charge >= 0.3 is 5.97 Å². The van der Waals surface area contributed by atoms with Crippen molar-refractivity contribution in [2.24, 2.45) is 0 Å². The second-order valence-corrected chi connectivity index (χ2v) is 4.39. The molecule has 0 aliphatic heterocycles. The third kappa shape index (κ3) is 3.05. The van der Waals surface area contributed by atoms with Gasteiger partial charge < -0.3 is 10.4 Å². The van der Waals surface area contributed by atoms with Crippen molar-refractivity contribution >= 4 is 17.6 Å². The van der Waals surface area contributed by atoms with Gasteiger partial charge in [0.1, 0.15) is 11.6 Å². The molecule has 0 aliphatic rings. The molecule has 0 bridgehead atoms. The van der Waals surface area contributed by atoms with Gasteiger partial charge in [-0.05, 0) is 36.8 Å². The highest BCUT2D eigenvalue weighted by Gasteiger charge is 2.17. The Morgan fingerprint density at radius 1 is 1.10 bits per heavy atom. The highest BCUT2D eigenvalue weighted by molar-refractivity contribution is 6.07. The van der Waals surface area contributed by atoms with E-state index in [1.165, 1.54) is 25.1 Å². The average Bonchev–Trinajstić information content (AvgIpc) is 2.43. The molecule has 0 aliphatic carbocycles. The molecule has 0 spiro atoms. The fourth-order valence-corrected chi connectivity index (χ4v) is 1.75. The zero-order chi connectivity index (χ0) is 15.6. The standard InChI is InChI=1S/C15H11F2NO3/c1-8-5-6-9(7-12(8)17)14(19)18-13-10(15(20)21)3-2-4-11(13)16/h2-7H,1H3,(H,18,19)(H,20,21). The predicted molar refractivity (Wildman–Crippen MR) is 72.4 cm³/mol. The summed E-state index contributed by atoms with van der Waals surface area (Å²) >= 11 is 0. The molecule has 1 amide bonds. The number of benzene rings is 2. The fraction of sp³-hybridized carbons (Fsp3) is 0.0667. The number of amides is 1. The molecule has 2 rings (SSSR count). The molecule has 2 aromatic rings. The van der Waals surface area contributed by atoms with Crippen LogP contribution in [0.15, 0.2) is 36.4 Å². The van der Waals surface area contributed by atoms with E-state index in [1.807, 2.05) is 0 Å². The molecule has 6 heteroatoms. The summed E-state index contributed by atoms with van der Waals surface area (Å²) in [5, 5.41) is 11.1. The number of aromatic carboxylic acids is 1. The second-order valence-electron chi connectivity index (χ2n) is 4.39. The number of nitrogens with one attached hydrogen (secondary N) is 1. The summed E-state index contributed by atoms with van der Waals surface area (Å²) in [4.78, 5) is 23.0. The van der Waals surface area contributed by atoms with Crippen LogP contribution in [0.5, 0.6) is 0 Å². The number of anilines is 1. The molecule has 2 N–H and O–H groups in total. The lowest BCUT2D eigenvalue weighted by molar-refractivity contribution is 0.0697. The zero-order valence-electron chi connectivity index (χ0n) is 11.0. The third-order valence-electron chi connectivity index (χ3n) is 2.92. The topological polar surface area (TPSA) is 66.4 Å². The summed E-state index contributed by atoms with van der Waals surface area (Å²) in [6.07, 6.45) is 0. The predicted octanol–water partition coefficient (Wildman–Crippen LogP) is 3.22. The van der Waals surface area contributed by atoms with Gasteiger partial charge in [-0.3, -0.25) is 4.79 Å². The molecule has 21 heavy (non-hydrogen) atoms. The number of rotatable bonds is 3. The van der Waals surface area contributed by atoms with Crippen LogP contribution in [0.2, 0.25) is 0 Å². The number of hydrogen-bond acceptors (Lipinski definition) is 2. The number of hydrogen-bond donors (Lipinski definition) is 2. The van der Waals surface area contributed by atoms with Crippen LogP contribution in [0.25, 0.3) is 0 Å². The Morgan fingerprint density at radius 3 is 2.43 bits per heavy atom. The van der Waals surface area contributed by atoms with Crippen molar-refractivity contribution in [3.05, 3.63) is 64.7 Å². The molecule has 0 aromatic heterocycles. The molecule has 0 radical (unpaired) electrons. The van der Waals surface area contributed by atoms with Crippen LogP contribution in [0.1, 0.15) is 26.3 Å². The smallest absolute Gasteiger partial charge is 0.337 e. The normalized spacial score (nSPS) is 10.2. The van der Waals surface area contributed by atoms with E-state index < -0.39 is 29.2 Å². The first kappa shape index (κ1) is 14.6. The summed E-state index contributed by atoms with van der Waals surface area (Å²) in [7, 11) is 0. The van der Waals surface area contributed by atoms with E-state index in [0.717, 1.165) is 18.2 Å². The number of carbonyl (C=O) groups excluding carboxylic acids is 1. The summed E-state index contributed by atoms with van der Waals surface area (Å²) < 4.78 is 27.1. The van der Waals surface area contributed by atoms with Gasteiger partial charge in [-0.25, -0.2) is 13.6 Å². The molecule has 108 valence electrons. The SMILES string of the molecule is Cc1ccc(C(=O)Nc2c(F)cccc2C(=O)O)cc1F. The van der Waals surface area contributed by atoms with Gasteiger partial charge in [0.15, 0.2) is 0 Å². The minimum atomic E-state index is -1.38. The Balaban J connectivity index is 2.36. The van der Waals surface area contributed by atoms with Crippen molar-refractivity contribution in [2.45, 2.75) is 6.92 Å². The Labute approximate surface area is 119 Å².